The van der Waals surface area contributed by atoms with Gasteiger partial charge < -0.3 is 10.1 Å². The molecule has 0 radical (unpaired) electrons. The van der Waals surface area contributed by atoms with E-state index in [2.05, 4.69) is 10.1 Å². The molecule has 1 N–H and O–H groups in total. The summed E-state index contributed by atoms with van der Waals surface area (Å²) in [6, 6.07) is 8.46. The van der Waals surface area contributed by atoms with Crippen molar-refractivity contribution in [3.63, 3.8) is 0 Å². The molecule has 0 saturated carbocycles. The number of anilines is 1. The van der Waals surface area contributed by atoms with Gasteiger partial charge in [0.1, 0.15) is 17.2 Å². The molecule has 1 amide bonds. The van der Waals surface area contributed by atoms with Crippen LogP contribution in [0.4, 0.5) is 14.5 Å². The van der Waals surface area contributed by atoms with E-state index in [9.17, 15) is 18.4 Å². The maximum absolute atomic E-state index is 13.4. The number of carbonyl (C=O) groups excluding carboxylic acids is 2. The van der Waals surface area contributed by atoms with Crippen LogP contribution < -0.4 is 5.32 Å². The van der Waals surface area contributed by atoms with Crippen molar-refractivity contribution in [1.82, 2.24) is 0 Å². The topological polar surface area (TPSA) is 55.4 Å². The first-order valence-corrected chi connectivity index (χ1v) is 6.86. The molecule has 0 heterocycles. The van der Waals surface area contributed by atoms with Crippen LogP contribution in [0.5, 0.6) is 0 Å². The maximum atomic E-state index is 13.4. The van der Waals surface area contributed by atoms with Gasteiger partial charge in [0.25, 0.3) is 5.91 Å². The molecule has 0 aliphatic heterocycles. The van der Waals surface area contributed by atoms with Crippen LogP contribution in [0.3, 0.4) is 0 Å². The summed E-state index contributed by atoms with van der Waals surface area (Å²) in [5.41, 5.74) is 1.67. The Morgan fingerprint density at radius 3 is 2.17 bits per heavy atom. The molecule has 0 aliphatic carbocycles. The fourth-order valence-corrected chi connectivity index (χ4v) is 2.14. The number of ether oxygens (including phenoxy) is 1. The highest BCUT2D eigenvalue weighted by Gasteiger charge is 2.19. The van der Waals surface area contributed by atoms with Crippen molar-refractivity contribution >= 4 is 17.6 Å². The number of hydrogen-bond donors (Lipinski definition) is 1. The van der Waals surface area contributed by atoms with Crippen LogP contribution in [0.25, 0.3) is 0 Å². The minimum absolute atomic E-state index is 0.556. The molecule has 0 fully saturated rings. The monoisotopic (exact) mass is 319 g/mol. The van der Waals surface area contributed by atoms with E-state index in [1.165, 1.54) is 0 Å². The summed E-state index contributed by atoms with van der Waals surface area (Å²) in [4.78, 5) is 23.4. The largest absolute Gasteiger partial charge is 0.452 e. The Hall–Kier alpha value is -2.76. The summed E-state index contributed by atoms with van der Waals surface area (Å²) in [6.45, 7) is 3.12. The van der Waals surface area contributed by atoms with E-state index in [1.54, 1.807) is 12.1 Å². The van der Waals surface area contributed by atoms with Crippen molar-refractivity contribution in [2.45, 2.75) is 13.8 Å². The molecule has 2 rings (SSSR count). The Morgan fingerprint density at radius 1 is 1.04 bits per heavy atom. The van der Waals surface area contributed by atoms with E-state index in [-0.39, 0.29) is 0 Å². The Bertz CT molecular complexity index is 719. The molecule has 4 nitrogen and oxygen atoms in total. The van der Waals surface area contributed by atoms with Gasteiger partial charge in [-0.2, -0.15) is 0 Å². The predicted octanol–water partition coefficient (Wildman–Crippen LogP) is 3.38. The van der Waals surface area contributed by atoms with Gasteiger partial charge in [0.15, 0.2) is 6.61 Å². The number of esters is 1. The average molecular weight is 319 g/mol. The number of benzene rings is 2. The number of carbonyl (C=O) groups is 2. The molecular formula is C17H15F2NO3. The van der Waals surface area contributed by atoms with Crippen LogP contribution in [-0.4, -0.2) is 18.5 Å². The zero-order valence-electron chi connectivity index (χ0n) is 12.7. The second-order valence-electron chi connectivity index (χ2n) is 5.10. The molecule has 0 bridgehead atoms. The van der Waals surface area contributed by atoms with Gasteiger partial charge in [0.05, 0.1) is 0 Å². The summed E-state index contributed by atoms with van der Waals surface area (Å²) in [7, 11) is 0. The normalized spacial score (nSPS) is 10.3. The van der Waals surface area contributed by atoms with Crippen LogP contribution >= 0.6 is 0 Å². The van der Waals surface area contributed by atoms with Crippen LogP contribution in [0, 0.1) is 25.5 Å². The minimum Gasteiger partial charge on any atom is -0.452 e. The summed E-state index contributed by atoms with van der Waals surface area (Å²) >= 11 is 0. The Morgan fingerprint density at radius 2 is 1.61 bits per heavy atom. The van der Waals surface area contributed by atoms with E-state index in [4.69, 9.17) is 0 Å². The average Bonchev–Trinajstić information content (AvgIpc) is 2.43. The smallest absolute Gasteiger partial charge is 0.344 e. The van der Waals surface area contributed by atoms with E-state index in [0.29, 0.717) is 5.69 Å². The van der Waals surface area contributed by atoms with Gasteiger partial charge in [-0.25, -0.2) is 13.6 Å². The predicted molar refractivity (Wildman–Crippen MR) is 81.2 cm³/mol. The third kappa shape index (κ3) is 4.35. The molecule has 0 spiro atoms. The minimum atomic E-state index is -1.23. The Balaban J connectivity index is 1.98. The first-order valence-electron chi connectivity index (χ1n) is 6.86. The lowest BCUT2D eigenvalue weighted by atomic mass is 10.1. The fraction of sp³-hybridized carbons (Fsp3) is 0.176. The summed E-state index contributed by atoms with van der Waals surface area (Å²) in [5, 5.41) is 2.56. The Kier molecular flexibility index (Phi) is 5.05. The SMILES string of the molecule is Cc1cc(C)cc(NC(=O)COC(=O)c2c(F)cccc2F)c1. The van der Waals surface area contributed by atoms with Gasteiger partial charge in [-0.3, -0.25) is 4.79 Å². The van der Waals surface area contributed by atoms with Crippen LogP contribution in [0.1, 0.15) is 21.5 Å². The zero-order chi connectivity index (χ0) is 17.0. The fourth-order valence-electron chi connectivity index (χ4n) is 2.14. The van der Waals surface area contributed by atoms with Crippen molar-refractivity contribution in [2.75, 3.05) is 11.9 Å². The van der Waals surface area contributed by atoms with Crippen molar-refractivity contribution in [1.29, 1.82) is 0 Å². The van der Waals surface area contributed by atoms with Crippen LogP contribution in [0.2, 0.25) is 0 Å². The maximum Gasteiger partial charge on any atom is 0.344 e. The highest BCUT2D eigenvalue weighted by atomic mass is 19.1. The first-order chi connectivity index (χ1) is 10.9. The van der Waals surface area contributed by atoms with Gasteiger partial charge in [-0.05, 0) is 49.2 Å². The van der Waals surface area contributed by atoms with E-state index >= 15 is 0 Å². The molecule has 0 atom stereocenters. The first kappa shape index (κ1) is 16.6. The molecule has 0 aliphatic rings. The molecule has 2 aromatic rings. The van der Waals surface area contributed by atoms with Crippen molar-refractivity contribution in [2.24, 2.45) is 0 Å². The third-order valence-electron chi connectivity index (χ3n) is 3.01. The van der Waals surface area contributed by atoms with Gasteiger partial charge in [0, 0.05) is 5.69 Å². The molecule has 23 heavy (non-hydrogen) atoms. The zero-order valence-corrected chi connectivity index (χ0v) is 12.7. The highest BCUT2D eigenvalue weighted by Crippen LogP contribution is 2.15. The molecular weight excluding hydrogens is 304 g/mol. The van der Waals surface area contributed by atoms with Gasteiger partial charge in [-0.1, -0.05) is 12.1 Å². The molecule has 6 heteroatoms. The van der Waals surface area contributed by atoms with Crippen LogP contribution in [-0.2, 0) is 9.53 Å². The lowest BCUT2D eigenvalue weighted by Crippen LogP contribution is -2.22. The van der Waals surface area contributed by atoms with Crippen molar-refractivity contribution in [3.8, 4) is 0 Å². The molecule has 0 aromatic heterocycles. The molecule has 0 unspecified atom stereocenters. The standard InChI is InChI=1S/C17H15F2NO3/c1-10-6-11(2)8-12(7-10)20-15(21)9-23-17(22)16-13(18)4-3-5-14(16)19/h3-8H,9H2,1-2H3,(H,20,21). The number of nitrogens with one attached hydrogen (secondary N) is 1. The lowest BCUT2D eigenvalue weighted by molar-refractivity contribution is -0.119. The van der Waals surface area contributed by atoms with Crippen molar-refractivity contribution in [3.05, 3.63) is 64.7 Å². The molecule has 120 valence electrons. The number of hydrogen-bond acceptors (Lipinski definition) is 3. The van der Waals surface area contributed by atoms with Crippen molar-refractivity contribution < 1.29 is 23.1 Å². The molecule has 2 aromatic carbocycles. The Labute approximate surface area is 132 Å². The van der Waals surface area contributed by atoms with E-state index in [1.807, 2.05) is 19.9 Å². The lowest BCUT2D eigenvalue weighted by Gasteiger charge is -2.09. The van der Waals surface area contributed by atoms with Gasteiger partial charge >= 0.3 is 5.97 Å². The van der Waals surface area contributed by atoms with Gasteiger partial charge in [-0.15, -0.1) is 0 Å². The second kappa shape index (κ2) is 7.00. The third-order valence-corrected chi connectivity index (χ3v) is 3.01. The van der Waals surface area contributed by atoms with Crippen LogP contribution in [0.15, 0.2) is 36.4 Å². The second-order valence-corrected chi connectivity index (χ2v) is 5.10. The summed E-state index contributed by atoms with van der Waals surface area (Å²) < 4.78 is 31.5. The summed E-state index contributed by atoms with van der Waals surface area (Å²) in [5.74, 6) is -3.90. The highest BCUT2D eigenvalue weighted by molar-refractivity contribution is 5.95. The number of amides is 1. The summed E-state index contributed by atoms with van der Waals surface area (Å²) in [6.07, 6.45) is 0. The van der Waals surface area contributed by atoms with E-state index < -0.39 is 35.7 Å². The number of halogens is 2. The van der Waals surface area contributed by atoms with Gasteiger partial charge in [0.2, 0.25) is 0 Å². The number of aryl methyl sites for hydroxylation is 2. The van der Waals surface area contributed by atoms with E-state index in [0.717, 1.165) is 29.3 Å². The molecule has 0 saturated heterocycles. The quantitative estimate of drug-likeness (QED) is 0.879. The number of rotatable bonds is 4.